The molecule has 0 amide bonds. The Balaban J connectivity index is 0.989. The Kier molecular flexibility index (Phi) is 19.9. The van der Waals surface area contributed by atoms with E-state index in [0.29, 0.717) is 19.3 Å². The lowest BCUT2D eigenvalue weighted by Crippen LogP contribution is -2.56. The molecule has 3 aliphatic carbocycles. The molecule has 3 aliphatic heterocycles. The highest BCUT2D eigenvalue weighted by atomic mass is 16.7. The summed E-state index contributed by atoms with van der Waals surface area (Å²) in [5.41, 5.74) is -1.07. The monoisotopic (exact) mass is 1180 g/mol. The van der Waals surface area contributed by atoms with Crippen molar-refractivity contribution in [2.45, 2.75) is 242 Å². The number of hydrogen-bond acceptors (Lipinski definition) is 22. The summed E-state index contributed by atoms with van der Waals surface area (Å²) in [7, 11) is 1.21. The molecule has 6 aliphatic rings. The molecule has 3 aromatic rings. The van der Waals surface area contributed by atoms with Gasteiger partial charge in [-0.15, -0.1) is 0 Å². The van der Waals surface area contributed by atoms with E-state index in [2.05, 4.69) is 0 Å². The number of aliphatic hydroxyl groups excluding tert-OH is 6. The van der Waals surface area contributed by atoms with Gasteiger partial charge >= 0.3 is 5.97 Å². The molecule has 3 heterocycles. The Morgan fingerprint density at radius 1 is 0.690 bits per heavy atom. The highest BCUT2D eigenvalue weighted by molar-refractivity contribution is 6.11. The fraction of sp³-hybridized carbons (Fsp3) is 0.694. The topological polar surface area (TPSA) is 326 Å². The van der Waals surface area contributed by atoms with Gasteiger partial charge in [-0.1, -0.05) is 39.0 Å². The van der Waals surface area contributed by atoms with Crippen molar-refractivity contribution in [3.8, 4) is 17.2 Å². The number of aliphatic hydroxyl groups is 7. The van der Waals surface area contributed by atoms with Gasteiger partial charge in [0.15, 0.2) is 30.3 Å². The molecule has 466 valence electrons. The Hall–Kier alpha value is -4.47. The maximum atomic E-state index is 15.3. The molecular formula is C62H86O22. The molecule has 0 aromatic heterocycles. The first kappa shape index (κ1) is 64.0. The minimum Gasteiger partial charge on any atom is -0.507 e. The van der Waals surface area contributed by atoms with Crippen LogP contribution in [0.15, 0.2) is 42.5 Å². The number of ketones is 2. The molecule has 2 saturated carbocycles. The Labute approximate surface area is 489 Å². The van der Waals surface area contributed by atoms with Crippen molar-refractivity contribution in [2.75, 3.05) is 7.11 Å². The minimum atomic E-state index is -1.97. The van der Waals surface area contributed by atoms with Gasteiger partial charge in [0.05, 0.1) is 89.3 Å². The summed E-state index contributed by atoms with van der Waals surface area (Å²) >= 11 is 0. The van der Waals surface area contributed by atoms with Gasteiger partial charge in [-0.3, -0.25) is 9.59 Å². The molecule has 25 atom stereocenters. The molecule has 0 spiro atoms. The molecule has 5 fully saturated rings. The van der Waals surface area contributed by atoms with E-state index in [1.807, 2.05) is 20.8 Å². The zero-order valence-corrected chi connectivity index (χ0v) is 49.4. The van der Waals surface area contributed by atoms with Crippen LogP contribution in [0.3, 0.4) is 0 Å². The molecule has 9 rings (SSSR count). The fourth-order valence-corrected chi connectivity index (χ4v) is 13.5. The number of ether oxygens (including phenoxy) is 10. The van der Waals surface area contributed by atoms with Crippen molar-refractivity contribution >= 4 is 28.3 Å². The summed E-state index contributed by atoms with van der Waals surface area (Å²) in [6.07, 6.45) is -18.8. The molecule has 22 nitrogen and oxygen atoms in total. The highest BCUT2D eigenvalue weighted by Gasteiger charge is 2.51. The smallest absolute Gasteiger partial charge is 0.338 e. The number of hydrogen-bond donors (Lipinski definition) is 9. The number of rotatable bonds is 17. The van der Waals surface area contributed by atoms with E-state index in [1.165, 1.54) is 26.2 Å². The van der Waals surface area contributed by atoms with Gasteiger partial charge in [-0.05, 0) is 114 Å². The third kappa shape index (κ3) is 13.3. The quantitative estimate of drug-likeness (QED) is 0.0855. The first-order chi connectivity index (χ1) is 39.6. The third-order valence-corrected chi connectivity index (χ3v) is 18.4. The molecule has 9 N–H and O–H groups in total. The molecule has 22 heteroatoms. The van der Waals surface area contributed by atoms with E-state index < -0.39 is 163 Å². The molecular weight excluding hydrogens is 1100 g/mol. The van der Waals surface area contributed by atoms with E-state index in [4.69, 9.17) is 47.4 Å². The van der Waals surface area contributed by atoms with E-state index in [0.717, 1.165) is 0 Å². The minimum absolute atomic E-state index is 0.0392. The SMILES string of the molecule is CO[C@H](C(=O)[C@@H](O)[C@@H](C)OC(=O)c1ccccc1)[C@@H]1Cc2cc3cc(O[C@H]4C[C@@H](O[C@H]5C[C@@H](C)[C@H](O)C(C)O5)[C@H](O)C(C)O4)c(C)c(O)c3c(O)c2C(=O)[C@H]1O[C@H]1C[C@@H](O[C@@H]2CC(C)[C@H](O)[C@H](O[C@@H]3CC(C)[C@@H](O)[C@@](C)(O)C3)C2)[C@H](O)C(C)O1. The van der Waals surface area contributed by atoms with Gasteiger partial charge in [0, 0.05) is 50.7 Å². The van der Waals surface area contributed by atoms with Gasteiger partial charge in [-0.25, -0.2) is 4.79 Å². The number of fused-ring (bicyclic) bond motifs is 2. The summed E-state index contributed by atoms with van der Waals surface area (Å²) in [6, 6.07) is 11.1. The van der Waals surface area contributed by atoms with Crippen LogP contribution < -0.4 is 4.74 Å². The van der Waals surface area contributed by atoms with Crippen molar-refractivity contribution < 1.29 is 108 Å². The van der Waals surface area contributed by atoms with Crippen LogP contribution in [0, 0.1) is 30.6 Å². The van der Waals surface area contributed by atoms with E-state index in [-0.39, 0.29) is 88.6 Å². The third-order valence-electron chi connectivity index (χ3n) is 18.4. The van der Waals surface area contributed by atoms with Crippen molar-refractivity contribution in [1.29, 1.82) is 0 Å². The number of phenolic OH excluding ortho intramolecular Hbond substituents is 2. The molecule has 0 bridgehead atoms. The first-order valence-electron chi connectivity index (χ1n) is 29.6. The second-order valence-electron chi connectivity index (χ2n) is 25.0. The Morgan fingerprint density at radius 2 is 1.26 bits per heavy atom. The average Bonchev–Trinajstić information content (AvgIpc) is 1.48. The van der Waals surface area contributed by atoms with E-state index >= 15 is 4.79 Å². The summed E-state index contributed by atoms with van der Waals surface area (Å²) in [4.78, 5) is 43.1. The van der Waals surface area contributed by atoms with Gasteiger partial charge in [0.1, 0.15) is 47.8 Å². The summed E-state index contributed by atoms with van der Waals surface area (Å²) in [6.45, 7) is 15.0. The second-order valence-corrected chi connectivity index (χ2v) is 25.0. The zero-order chi connectivity index (χ0) is 61.0. The summed E-state index contributed by atoms with van der Waals surface area (Å²) in [5, 5.41) is 102. The van der Waals surface area contributed by atoms with Crippen LogP contribution in [0.4, 0.5) is 0 Å². The number of carbonyl (C=O) groups is 3. The van der Waals surface area contributed by atoms with Gasteiger partial charge < -0.3 is 93.3 Å². The lowest BCUT2D eigenvalue weighted by molar-refractivity contribution is -0.292. The number of phenols is 2. The Bertz CT molecular complexity index is 2780. The molecule has 3 saturated heterocycles. The molecule has 5 unspecified atom stereocenters. The maximum absolute atomic E-state index is 15.3. The van der Waals surface area contributed by atoms with Crippen LogP contribution in [0.25, 0.3) is 10.8 Å². The average molecular weight is 1180 g/mol. The van der Waals surface area contributed by atoms with Crippen molar-refractivity contribution in [2.24, 2.45) is 23.7 Å². The van der Waals surface area contributed by atoms with Crippen molar-refractivity contribution in [1.82, 2.24) is 0 Å². The van der Waals surface area contributed by atoms with Crippen LogP contribution >= 0.6 is 0 Å². The van der Waals surface area contributed by atoms with Crippen molar-refractivity contribution in [3.05, 3.63) is 64.7 Å². The van der Waals surface area contributed by atoms with Crippen LogP contribution in [-0.4, -0.2) is 199 Å². The Morgan fingerprint density at radius 3 is 1.90 bits per heavy atom. The van der Waals surface area contributed by atoms with Crippen LogP contribution in [0.2, 0.25) is 0 Å². The number of Topliss-reactive ketones (excluding diaryl/α,β-unsaturated/α-hetero) is 2. The standard InChI is InChI=1S/C62H86O22/c1-26-16-37(22-41(50(26)64)81-38-17-28(3)60(72)62(9,74)25-38)80-42-23-46(78-31(6)52(42)66)84-59-39(58(75-10)57(71)54(68)33(8)79-61(73)34-14-12-11-13-15-34)20-35-19-36-21-40(29(4)51(65)47(36)55(69)48(35)56(59)70)82-45-24-43(53(67)32(7)77-45)83-44-18-27(2)49(63)30(5)76-44/h11-15,19,21,26-28,30-33,37-39,41-46,49-50,52-54,58-60,63-69,72,74H,16-18,20,22-25H2,1-10H3/t26?,27-,28?,30?,31?,32?,33-,37-,38-,39+,41-,42-,43-,44+,45+,46+,49+,50+,52-,53-,54+,58+,59+,60-,62+/m1/s1. The lowest BCUT2D eigenvalue weighted by atomic mass is 9.75. The highest BCUT2D eigenvalue weighted by Crippen LogP contribution is 2.48. The fourth-order valence-electron chi connectivity index (χ4n) is 13.5. The first-order valence-corrected chi connectivity index (χ1v) is 29.6. The van der Waals surface area contributed by atoms with Gasteiger partial charge in [-0.2, -0.15) is 0 Å². The maximum Gasteiger partial charge on any atom is 0.338 e. The largest absolute Gasteiger partial charge is 0.507 e. The number of methoxy groups -OCH3 is 1. The normalized spacial score (nSPS) is 39.4. The van der Waals surface area contributed by atoms with Gasteiger partial charge in [0.2, 0.25) is 6.29 Å². The molecule has 3 aromatic carbocycles. The van der Waals surface area contributed by atoms with Crippen molar-refractivity contribution in [3.63, 3.8) is 0 Å². The van der Waals surface area contributed by atoms with E-state index in [9.17, 15) is 55.5 Å². The second kappa shape index (κ2) is 26.1. The number of carbonyl (C=O) groups excluding carboxylic acids is 3. The lowest BCUT2D eigenvalue weighted by Gasteiger charge is -2.46. The van der Waals surface area contributed by atoms with Crippen LogP contribution in [-0.2, 0) is 53.8 Å². The van der Waals surface area contributed by atoms with Gasteiger partial charge in [0.25, 0.3) is 0 Å². The molecule has 84 heavy (non-hydrogen) atoms. The number of aromatic hydroxyl groups is 2. The number of esters is 1. The summed E-state index contributed by atoms with van der Waals surface area (Å²) < 4.78 is 62.0. The zero-order valence-electron chi connectivity index (χ0n) is 49.4. The molecule has 0 radical (unpaired) electrons. The number of benzene rings is 3. The van der Waals surface area contributed by atoms with Crippen LogP contribution in [0.1, 0.15) is 132 Å². The van der Waals surface area contributed by atoms with E-state index in [1.54, 1.807) is 65.0 Å². The predicted molar refractivity (Wildman–Crippen MR) is 298 cm³/mol. The predicted octanol–water partition coefficient (Wildman–Crippen LogP) is 4.22. The van der Waals surface area contributed by atoms with Crippen LogP contribution in [0.5, 0.6) is 17.2 Å². The summed E-state index contributed by atoms with van der Waals surface area (Å²) in [5.74, 6) is -5.44.